The predicted octanol–water partition coefficient (Wildman–Crippen LogP) is 2.06. The van der Waals surface area contributed by atoms with Gasteiger partial charge in [0.2, 0.25) is 0 Å². The molecule has 0 radical (unpaired) electrons. The SMILES string of the molecule is C=C(C)COCCNCc1c(Cl)c(C)nn1C. The highest BCUT2D eigenvalue weighted by atomic mass is 35.5. The van der Waals surface area contributed by atoms with Gasteiger partial charge in [0.1, 0.15) is 0 Å². The maximum Gasteiger partial charge on any atom is 0.0860 e. The standard InChI is InChI=1S/C12H20ClN3O/c1-9(2)8-17-6-5-14-7-11-12(13)10(3)15-16(11)4/h14H,1,5-8H2,2-4H3. The number of rotatable bonds is 7. The molecule has 0 spiro atoms. The van der Waals surface area contributed by atoms with Crippen LogP contribution in [0.25, 0.3) is 0 Å². The molecular weight excluding hydrogens is 238 g/mol. The lowest BCUT2D eigenvalue weighted by atomic mass is 10.3. The second kappa shape index (κ2) is 6.79. The molecule has 17 heavy (non-hydrogen) atoms. The average Bonchev–Trinajstić information content (AvgIpc) is 2.48. The summed E-state index contributed by atoms with van der Waals surface area (Å²) in [7, 11) is 1.90. The zero-order valence-electron chi connectivity index (χ0n) is 10.7. The minimum atomic E-state index is 0.618. The van der Waals surface area contributed by atoms with Gasteiger partial charge in [0.05, 0.1) is 29.6 Å². The fraction of sp³-hybridized carbons (Fsp3) is 0.583. The Hall–Kier alpha value is -0.840. The Morgan fingerprint density at radius 1 is 1.59 bits per heavy atom. The molecule has 0 aliphatic heterocycles. The van der Waals surface area contributed by atoms with Crippen LogP contribution in [0.5, 0.6) is 0 Å². The Morgan fingerprint density at radius 2 is 2.29 bits per heavy atom. The quantitative estimate of drug-likeness (QED) is 0.600. The first kappa shape index (κ1) is 14.2. The van der Waals surface area contributed by atoms with Gasteiger partial charge in [-0.1, -0.05) is 23.8 Å². The Morgan fingerprint density at radius 3 is 2.82 bits per heavy atom. The highest BCUT2D eigenvalue weighted by molar-refractivity contribution is 6.31. The number of nitrogens with one attached hydrogen (secondary N) is 1. The summed E-state index contributed by atoms with van der Waals surface area (Å²) in [6.45, 7) is 10.4. The molecule has 1 rings (SSSR count). The van der Waals surface area contributed by atoms with Crippen LogP contribution in [0.4, 0.5) is 0 Å². The molecule has 0 fully saturated rings. The van der Waals surface area contributed by atoms with E-state index in [9.17, 15) is 0 Å². The third-order valence-electron chi connectivity index (χ3n) is 2.33. The van der Waals surface area contributed by atoms with Gasteiger partial charge in [-0.15, -0.1) is 0 Å². The van der Waals surface area contributed by atoms with E-state index in [1.54, 1.807) is 4.68 Å². The summed E-state index contributed by atoms with van der Waals surface area (Å²) in [5.74, 6) is 0. The number of aromatic nitrogens is 2. The van der Waals surface area contributed by atoms with Crippen LogP contribution in [0.15, 0.2) is 12.2 Å². The Balaban J connectivity index is 2.24. The van der Waals surface area contributed by atoms with E-state index >= 15 is 0 Å². The van der Waals surface area contributed by atoms with Crippen molar-refractivity contribution in [3.63, 3.8) is 0 Å². The third-order valence-corrected chi connectivity index (χ3v) is 2.82. The van der Waals surface area contributed by atoms with E-state index in [1.165, 1.54) is 0 Å². The minimum absolute atomic E-state index is 0.618. The van der Waals surface area contributed by atoms with Crippen LogP contribution in [0.2, 0.25) is 5.02 Å². The van der Waals surface area contributed by atoms with Crippen molar-refractivity contribution in [2.75, 3.05) is 19.8 Å². The summed E-state index contributed by atoms with van der Waals surface area (Å²) >= 11 is 6.13. The van der Waals surface area contributed by atoms with Gasteiger partial charge < -0.3 is 10.1 Å². The highest BCUT2D eigenvalue weighted by Crippen LogP contribution is 2.18. The summed E-state index contributed by atoms with van der Waals surface area (Å²) in [5.41, 5.74) is 2.91. The van der Waals surface area contributed by atoms with E-state index in [0.29, 0.717) is 19.8 Å². The van der Waals surface area contributed by atoms with Gasteiger partial charge in [0, 0.05) is 20.1 Å². The first-order valence-electron chi connectivity index (χ1n) is 5.63. The Kier molecular flexibility index (Phi) is 5.68. The van der Waals surface area contributed by atoms with Crippen molar-refractivity contribution in [3.8, 4) is 0 Å². The summed E-state index contributed by atoms with van der Waals surface area (Å²) in [6.07, 6.45) is 0. The van der Waals surface area contributed by atoms with Crippen molar-refractivity contribution in [3.05, 3.63) is 28.6 Å². The van der Waals surface area contributed by atoms with Crippen LogP contribution in [-0.4, -0.2) is 29.5 Å². The first-order valence-corrected chi connectivity index (χ1v) is 6.01. The normalized spacial score (nSPS) is 10.8. The molecule has 0 unspecified atom stereocenters. The molecule has 1 N–H and O–H groups in total. The number of hydrogen-bond donors (Lipinski definition) is 1. The first-order chi connectivity index (χ1) is 8.02. The van der Waals surface area contributed by atoms with E-state index in [-0.39, 0.29) is 0 Å². The predicted molar refractivity (Wildman–Crippen MR) is 70.3 cm³/mol. The lowest BCUT2D eigenvalue weighted by molar-refractivity contribution is 0.157. The number of halogens is 1. The zero-order valence-corrected chi connectivity index (χ0v) is 11.5. The molecule has 0 saturated heterocycles. The molecule has 0 aliphatic carbocycles. The number of aryl methyl sites for hydroxylation is 2. The van der Waals surface area contributed by atoms with Crippen LogP contribution in [0.3, 0.4) is 0 Å². The molecule has 0 atom stereocenters. The maximum atomic E-state index is 6.13. The van der Waals surface area contributed by atoms with Gasteiger partial charge in [-0.05, 0) is 13.8 Å². The summed E-state index contributed by atoms with van der Waals surface area (Å²) in [6, 6.07) is 0. The number of hydrogen-bond acceptors (Lipinski definition) is 3. The van der Waals surface area contributed by atoms with Gasteiger partial charge in [0.25, 0.3) is 0 Å². The largest absolute Gasteiger partial charge is 0.376 e. The van der Waals surface area contributed by atoms with Crippen LogP contribution in [0.1, 0.15) is 18.3 Å². The average molecular weight is 258 g/mol. The van der Waals surface area contributed by atoms with Gasteiger partial charge in [-0.25, -0.2) is 0 Å². The molecule has 96 valence electrons. The maximum absolute atomic E-state index is 6.13. The molecule has 0 saturated carbocycles. The summed E-state index contributed by atoms with van der Waals surface area (Å²) < 4.78 is 7.19. The lowest BCUT2D eigenvalue weighted by Gasteiger charge is -2.06. The van der Waals surface area contributed by atoms with E-state index in [1.807, 2.05) is 20.9 Å². The van der Waals surface area contributed by atoms with Crippen LogP contribution in [0, 0.1) is 6.92 Å². The molecule has 0 bridgehead atoms. The van der Waals surface area contributed by atoms with Gasteiger partial charge >= 0.3 is 0 Å². The highest BCUT2D eigenvalue weighted by Gasteiger charge is 2.09. The van der Waals surface area contributed by atoms with E-state index < -0.39 is 0 Å². The number of ether oxygens (including phenoxy) is 1. The molecule has 0 aliphatic rings. The van der Waals surface area contributed by atoms with E-state index in [0.717, 1.165) is 28.5 Å². The van der Waals surface area contributed by atoms with Crippen molar-refractivity contribution in [1.82, 2.24) is 15.1 Å². The number of nitrogens with zero attached hydrogens (tertiary/aromatic N) is 2. The third kappa shape index (κ3) is 4.50. The lowest BCUT2D eigenvalue weighted by Crippen LogP contribution is -2.21. The molecular formula is C12H20ClN3O. The van der Waals surface area contributed by atoms with Crippen LogP contribution in [-0.2, 0) is 18.3 Å². The second-order valence-corrected chi connectivity index (χ2v) is 4.53. The molecule has 1 aromatic heterocycles. The van der Waals surface area contributed by atoms with Crippen molar-refractivity contribution in [2.24, 2.45) is 7.05 Å². The zero-order chi connectivity index (χ0) is 12.8. The fourth-order valence-electron chi connectivity index (χ4n) is 1.47. The molecule has 4 nitrogen and oxygen atoms in total. The van der Waals surface area contributed by atoms with Gasteiger partial charge in [-0.2, -0.15) is 5.10 Å². The monoisotopic (exact) mass is 257 g/mol. The van der Waals surface area contributed by atoms with Crippen molar-refractivity contribution >= 4 is 11.6 Å². The van der Waals surface area contributed by atoms with E-state index in [2.05, 4.69) is 17.0 Å². The van der Waals surface area contributed by atoms with Crippen LogP contribution >= 0.6 is 11.6 Å². The summed E-state index contributed by atoms with van der Waals surface area (Å²) in [5, 5.41) is 8.26. The topological polar surface area (TPSA) is 39.1 Å². The molecule has 0 amide bonds. The van der Waals surface area contributed by atoms with Crippen molar-refractivity contribution < 1.29 is 4.74 Å². The second-order valence-electron chi connectivity index (χ2n) is 4.16. The minimum Gasteiger partial charge on any atom is -0.376 e. The van der Waals surface area contributed by atoms with Gasteiger partial charge in [-0.3, -0.25) is 4.68 Å². The van der Waals surface area contributed by atoms with Crippen molar-refractivity contribution in [1.29, 1.82) is 0 Å². The Labute approximate surface area is 108 Å². The molecule has 5 heteroatoms. The molecule has 1 heterocycles. The molecule has 1 aromatic rings. The van der Waals surface area contributed by atoms with Gasteiger partial charge in [0.15, 0.2) is 0 Å². The smallest absolute Gasteiger partial charge is 0.0860 e. The van der Waals surface area contributed by atoms with Crippen molar-refractivity contribution in [2.45, 2.75) is 20.4 Å². The Bertz CT molecular complexity index is 387. The summed E-state index contributed by atoms with van der Waals surface area (Å²) in [4.78, 5) is 0. The van der Waals surface area contributed by atoms with Crippen LogP contribution < -0.4 is 5.32 Å². The fourth-order valence-corrected chi connectivity index (χ4v) is 1.70. The molecule has 0 aromatic carbocycles. The van der Waals surface area contributed by atoms with E-state index in [4.69, 9.17) is 16.3 Å².